The predicted molar refractivity (Wildman–Crippen MR) is 61.8 cm³/mol. The second-order valence-corrected chi connectivity index (χ2v) is 3.32. The molecule has 1 fully saturated rings. The number of benzene rings is 1. The summed E-state index contributed by atoms with van der Waals surface area (Å²) in [7, 11) is 0. The molecule has 1 saturated heterocycles. The smallest absolute Gasteiger partial charge is 0.119 e. The minimum Gasteiger partial charge on any atom is -0.491 e. The summed E-state index contributed by atoms with van der Waals surface area (Å²) >= 11 is 0. The van der Waals surface area contributed by atoms with Crippen LogP contribution in [0.15, 0.2) is 30.3 Å². The number of hydrogen-bond acceptors (Lipinski definition) is 3. The van der Waals surface area contributed by atoms with Gasteiger partial charge in [0.1, 0.15) is 18.5 Å². The van der Waals surface area contributed by atoms with Crippen LogP contribution in [0, 0.1) is 0 Å². The molecule has 0 radical (unpaired) electrons. The van der Waals surface area contributed by atoms with Gasteiger partial charge in [-0.3, -0.25) is 0 Å². The summed E-state index contributed by atoms with van der Waals surface area (Å²) in [6.07, 6.45) is 0.184. The summed E-state index contributed by atoms with van der Waals surface area (Å²) in [5, 5.41) is 3.27. The molecule has 1 aliphatic heterocycles. The standard InChI is InChI=1S/C11H15NO2.ClH/c1-2-4-10(5-3-1)14-9-11-8-12-6-7-13-11;/h1-5,11-12H,6-9H2;1H/t11-;/m1./s1. The lowest BCUT2D eigenvalue weighted by molar-refractivity contribution is 0.000196. The molecular formula is C11H16ClNO2. The maximum atomic E-state index is 5.58. The number of hydrogen-bond donors (Lipinski definition) is 1. The Kier molecular flexibility index (Phi) is 5.47. The van der Waals surface area contributed by atoms with Crippen LogP contribution >= 0.6 is 12.4 Å². The largest absolute Gasteiger partial charge is 0.491 e. The van der Waals surface area contributed by atoms with Crippen molar-refractivity contribution in [1.82, 2.24) is 5.32 Å². The van der Waals surface area contributed by atoms with Gasteiger partial charge in [-0.15, -0.1) is 12.4 Å². The van der Waals surface area contributed by atoms with Crippen molar-refractivity contribution in [3.8, 4) is 5.75 Å². The van der Waals surface area contributed by atoms with E-state index in [9.17, 15) is 0 Å². The molecule has 0 spiro atoms. The van der Waals surface area contributed by atoms with Crippen LogP contribution in [0.25, 0.3) is 0 Å². The summed E-state index contributed by atoms with van der Waals surface area (Å²) in [6, 6.07) is 9.82. The molecule has 4 heteroatoms. The van der Waals surface area contributed by atoms with Crippen molar-refractivity contribution >= 4 is 12.4 Å². The number of nitrogens with one attached hydrogen (secondary N) is 1. The summed E-state index contributed by atoms with van der Waals surface area (Å²) in [5.41, 5.74) is 0. The van der Waals surface area contributed by atoms with E-state index >= 15 is 0 Å². The third-order valence-electron chi connectivity index (χ3n) is 2.18. The SMILES string of the molecule is Cl.c1ccc(OC[C@H]2CNCCO2)cc1. The Morgan fingerprint density at radius 1 is 1.33 bits per heavy atom. The average molecular weight is 230 g/mol. The Morgan fingerprint density at radius 2 is 2.13 bits per heavy atom. The van der Waals surface area contributed by atoms with E-state index in [4.69, 9.17) is 9.47 Å². The van der Waals surface area contributed by atoms with Gasteiger partial charge >= 0.3 is 0 Å². The Balaban J connectivity index is 0.00000112. The summed E-state index contributed by atoms with van der Waals surface area (Å²) in [6.45, 7) is 3.23. The molecule has 1 heterocycles. The van der Waals surface area contributed by atoms with Gasteiger partial charge in [-0.1, -0.05) is 18.2 Å². The van der Waals surface area contributed by atoms with Crippen LogP contribution in [0.3, 0.4) is 0 Å². The van der Waals surface area contributed by atoms with E-state index in [0.717, 1.165) is 25.4 Å². The third kappa shape index (κ3) is 4.08. The fraction of sp³-hybridized carbons (Fsp3) is 0.455. The second kappa shape index (κ2) is 6.67. The lowest BCUT2D eigenvalue weighted by Crippen LogP contribution is -2.41. The zero-order valence-electron chi connectivity index (χ0n) is 8.52. The highest BCUT2D eigenvalue weighted by Gasteiger charge is 2.13. The molecule has 2 rings (SSSR count). The number of morpholine rings is 1. The van der Waals surface area contributed by atoms with Crippen LogP contribution in [-0.2, 0) is 4.74 Å². The molecule has 84 valence electrons. The lowest BCUT2D eigenvalue weighted by Gasteiger charge is -2.23. The number of ether oxygens (including phenoxy) is 2. The monoisotopic (exact) mass is 229 g/mol. The molecule has 0 aliphatic carbocycles. The number of para-hydroxylation sites is 1. The van der Waals surface area contributed by atoms with Crippen LogP contribution in [0.5, 0.6) is 5.75 Å². The van der Waals surface area contributed by atoms with Gasteiger partial charge in [0.25, 0.3) is 0 Å². The maximum absolute atomic E-state index is 5.58. The van der Waals surface area contributed by atoms with Crippen molar-refractivity contribution in [2.75, 3.05) is 26.3 Å². The van der Waals surface area contributed by atoms with Crippen molar-refractivity contribution < 1.29 is 9.47 Å². The van der Waals surface area contributed by atoms with E-state index < -0.39 is 0 Å². The lowest BCUT2D eigenvalue weighted by atomic mass is 10.3. The van der Waals surface area contributed by atoms with E-state index in [1.54, 1.807) is 0 Å². The normalized spacial score (nSPS) is 20.4. The Morgan fingerprint density at radius 3 is 2.80 bits per heavy atom. The molecule has 0 aromatic heterocycles. The summed E-state index contributed by atoms with van der Waals surface area (Å²) < 4.78 is 11.1. The molecule has 0 saturated carbocycles. The van der Waals surface area contributed by atoms with Crippen LogP contribution < -0.4 is 10.1 Å². The Labute approximate surface area is 96.2 Å². The Bertz CT molecular complexity index is 263. The van der Waals surface area contributed by atoms with Gasteiger partial charge in [-0.25, -0.2) is 0 Å². The second-order valence-electron chi connectivity index (χ2n) is 3.32. The minimum atomic E-state index is 0. The average Bonchev–Trinajstić information content (AvgIpc) is 2.29. The molecule has 0 amide bonds. The van der Waals surface area contributed by atoms with Crippen molar-refractivity contribution in [3.05, 3.63) is 30.3 Å². The summed E-state index contributed by atoms with van der Waals surface area (Å²) in [5.74, 6) is 0.904. The van der Waals surface area contributed by atoms with Gasteiger partial charge in [0, 0.05) is 13.1 Å². The van der Waals surface area contributed by atoms with Gasteiger partial charge in [0.05, 0.1) is 6.61 Å². The Hall–Kier alpha value is -0.770. The molecule has 1 N–H and O–H groups in total. The zero-order chi connectivity index (χ0) is 9.64. The maximum Gasteiger partial charge on any atom is 0.119 e. The van der Waals surface area contributed by atoms with Gasteiger partial charge in [0.15, 0.2) is 0 Å². The van der Waals surface area contributed by atoms with E-state index in [1.807, 2.05) is 30.3 Å². The van der Waals surface area contributed by atoms with Crippen LogP contribution in [0.2, 0.25) is 0 Å². The minimum absolute atomic E-state index is 0. The summed E-state index contributed by atoms with van der Waals surface area (Å²) in [4.78, 5) is 0. The molecular weight excluding hydrogens is 214 g/mol. The molecule has 0 bridgehead atoms. The van der Waals surface area contributed by atoms with Crippen molar-refractivity contribution in [2.45, 2.75) is 6.10 Å². The van der Waals surface area contributed by atoms with Crippen LogP contribution in [-0.4, -0.2) is 32.4 Å². The molecule has 0 unspecified atom stereocenters. The van der Waals surface area contributed by atoms with Gasteiger partial charge in [-0.05, 0) is 12.1 Å². The molecule has 1 aromatic carbocycles. The van der Waals surface area contributed by atoms with Crippen molar-refractivity contribution in [1.29, 1.82) is 0 Å². The highest BCUT2D eigenvalue weighted by molar-refractivity contribution is 5.85. The van der Waals surface area contributed by atoms with E-state index in [-0.39, 0.29) is 18.5 Å². The highest BCUT2D eigenvalue weighted by atomic mass is 35.5. The van der Waals surface area contributed by atoms with Crippen molar-refractivity contribution in [3.63, 3.8) is 0 Å². The first-order chi connectivity index (χ1) is 6.95. The topological polar surface area (TPSA) is 30.5 Å². The first-order valence-electron chi connectivity index (χ1n) is 4.95. The molecule has 15 heavy (non-hydrogen) atoms. The number of rotatable bonds is 3. The fourth-order valence-corrected chi connectivity index (χ4v) is 1.43. The van der Waals surface area contributed by atoms with Gasteiger partial charge in [-0.2, -0.15) is 0 Å². The molecule has 1 aromatic rings. The number of halogens is 1. The predicted octanol–water partition coefficient (Wildman–Crippen LogP) is 1.48. The molecule has 1 aliphatic rings. The van der Waals surface area contributed by atoms with E-state index in [2.05, 4.69) is 5.32 Å². The first kappa shape index (κ1) is 12.3. The molecule has 3 nitrogen and oxygen atoms in total. The highest BCUT2D eigenvalue weighted by Crippen LogP contribution is 2.09. The van der Waals surface area contributed by atoms with Gasteiger partial charge in [0.2, 0.25) is 0 Å². The first-order valence-corrected chi connectivity index (χ1v) is 4.95. The third-order valence-corrected chi connectivity index (χ3v) is 2.18. The van der Waals surface area contributed by atoms with E-state index in [1.165, 1.54) is 0 Å². The molecule has 1 atom stereocenters. The van der Waals surface area contributed by atoms with Crippen molar-refractivity contribution in [2.24, 2.45) is 0 Å². The van der Waals surface area contributed by atoms with Gasteiger partial charge < -0.3 is 14.8 Å². The van der Waals surface area contributed by atoms with Crippen LogP contribution in [0.4, 0.5) is 0 Å². The van der Waals surface area contributed by atoms with E-state index in [0.29, 0.717) is 6.61 Å². The van der Waals surface area contributed by atoms with Crippen LogP contribution in [0.1, 0.15) is 0 Å². The fourth-order valence-electron chi connectivity index (χ4n) is 1.43. The zero-order valence-corrected chi connectivity index (χ0v) is 9.33. The quantitative estimate of drug-likeness (QED) is 0.852.